The van der Waals surface area contributed by atoms with E-state index in [0.717, 1.165) is 36.5 Å². The lowest BCUT2D eigenvalue weighted by molar-refractivity contribution is -0.140. The molecule has 1 aromatic carbocycles. The van der Waals surface area contributed by atoms with E-state index in [1.165, 1.54) is 5.56 Å². The zero-order chi connectivity index (χ0) is 21.3. The zero-order valence-electron chi connectivity index (χ0n) is 17.8. The molecule has 0 N–H and O–H groups in total. The standard InChI is InChI=1S/C23H28N2O6/c1-23(14-29-15-23)13-28-10-16-2-3-19-17(8-16)4-5-25-20(19)9-21(24-22(25)26)31-12-18-11-27-6-7-30-18/h2-3,8-9,18H,4-7,10-15H2,1H3. The summed E-state index contributed by atoms with van der Waals surface area (Å²) in [5.41, 5.74) is 4.08. The first-order valence-corrected chi connectivity index (χ1v) is 10.8. The Morgan fingerprint density at radius 3 is 2.90 bits per heavy atom. The fourth-order valence-electron chi connectivity index (χ4n) is 4.18. The predicted molar refractivity (Wildman–Crippen MR) is 112 cm³/mol. The van der Waals surface area contributed by atoms with E-state index in [1.54, 1.807) is 4.57 Å². The van der Waals surface area contributed by atoms with Crippen molar-refractivity contribution in [2.45, 2.75) is 32.6 Å². The van der Waals surface area contributed by atoms with E-state index in [0.29, 0.717) is 52.1 Å². The van der Waals surface area contributed by atoms with Gasteiger partial charge in [0.2, 0.25) is 5.88 Å². The second kappa shape index (κ2) is 8.70. The molecule has 8 nitrogen and oxygen atoms in total. The van der Waals surface area contributed by atoms with Crippen LogP contribution in [-0.4, -0.2) is 61.9 Å². The van der Waals surface area contributed by atoms with Crippen LogP contribution in [0.5, 0.6) is 5.88 Å². The maximum absolute atomic E-state index is 12.6. The van der Waals surface area contributed by atoms with Crippen molar-refractivity contribution < 1.29 is 23.7 Å². The topological polar surface area (TPSA) is 81.0 Å². The van der Waals surface area contributed by atoms with E-state index in [-0.39, 0.29) is 17.2 Å². The van der Waals surface area contributed by atoms with Crippen molar-refractivity contribution in [1.29, 1.82) is 0 Å². The third-order valence-corrected chi connectivity index (χ3v) is 5.96. The number of fused-ring (bicyclic) bond motifs is 3. The molecule has 1 aromatic heterocycles. The number of aromatic nitrogens is 2. The number of rotatable bonds is 7. The van der Waals surface area contributed by atoms with Crippen molar-refractivity contribution >= 4 is 0 Å². The Labute approximate surface area is 181 Å². The van der Waals surface area contributed by atoms with Gasteiger partial charge in [0.15, 0.2) is 0 Å². The van der Waals surface area contributed by atoms with Crippen molar-refractivity contribution in [3.05, 3.63) is 45.9 Å². The fourth-order valence-corrected chi connectivity index (χ4v) is 4.18. The van der Waals surface area contributed by atoms with Crippen molar-refractivity contribution in [3.63, 3.8) is 0 Å². The molecule has 1 atom stereocenters. The molecule has 2 saturated heterocycles. The smallest absolute Gasteiger partial charge is 0.351 e. The van der Waals surface area contributed by atoms with Gasteiger partial charge in [0.25, 0.3) is 0 Å². The molecule has 0 spiro atoms. The van der Waals surface area contributed by atoms with Crippen LogP contribution in [-0.2, 0) is 38.5 Å². The average Bonchev–Trinajstić information content (AvgIpc) is 2.77. The van der Waals surface area contributed by atoms with Crippen LogP contribution in [0.25, 0.3) is 11.3 Å². The van der Waals surface area contributed by atoms with E-state index in [4.69, 9.17) is 23.7 Å². The van der Waals surface area contributed by atoms with Gasteiger partial charge in [0.1, 0.15) is 12.7 Å². The Morgan fingerprint density at radius 1 is 1.23 bits per heavy atom. The molecule has 3 aliphatic heterocycles. The molecule has 3 aliphatic rings. The molecular formula is C23H28N2O6. The van der Waals surface area contributed by atoms with Gasteiger partial charge in [-0.15, -0.1) is 0 Å². The van der Waals surface area contributed by atoms with Gasteiger partial charge in [0, 0.05) is 23.6 Å². The molecular weight excluding hydrogens is 400 g/mol. The largest absolute Gasteiger partial charge is 0.475 e. The molecule has 31 heavy (non-hydrogen) atoms. The monoisotopic (exact) mass is 428 g/mol. The fraction of sp³-hybridized carbons (Fsp3) is 0.565. The lowest BCUT2D eigenvalue weighted by atomic mass is 9.90. The van der Waals surface area contributed by atoms with Gasteiger partial charge in [-0.25, -0.2) is 4.79 Å². The Morgan fingerprint density at radius 2 is 2.13 bits per heavy atom. The van der Waals surface area contributed by atoms with E-state index < -0.39 is 0 Å². The Balaban J connectivity index is 1.30. The van der Waals surface area contributed by atoms with Gasteiger partial charge in [-0.3, -0.25) is 4.57 Å². The summed E-state index contributed by atoms with van der Waals surface area (Å²) in [6.07, 6.45) is 0.648. The predicted octanol–water partition coefficient (Wildman–Crippen LogP) is 1.81. The van der Waals surface area contributed by atoms with Crippen molar-refractivity contribution in [2.75, 3.05) is 46.2 Å². The molecule has 4 heterocycles. The second-order valence-corrected chi connectivity index (χ2v) is 8.83. The van der Waals surface area contributed by atoms with Crippen molar-refractivity contribution in [1.82, 2.24) is 9.55 Å². The van der Waals surface area contributed by atoms with E-state index in [9.17, 15) is 4.79 Å². The number of benzene rings is 1. The normalized spacial score (nSPS) is 21.6. The number of ether oxygens (including phenoxy) is 5. The lowest BCUT2D eigenvalue weighted by Gasteiger charge is -2.37. The summed E-state index contributed by atoms with van der Waals surface area (Å²) in [6, 6.07) is 8.15. The molecule has 8 heteroatoms. The Hall–Kier alpha value is -2.26. The Bertz CT molecular complexity index is 994. The highest BCUT2D eigenvalue weighted by molar-refractivity contribution is 5.67. The zero-order valence-corrected chi connectivity index (χ0v) is 17.8. The first-order valence-electron chi connectivity index (χ1n) is 10.8. The van der Waals surface area contributed by atoms with E-state index in [2.05, 4.69) is 30.1 Å². The van der Waals surface area contributed by atoms with Crippen LogP contribution in [0, 0.1) is 5.41 Å². The molecule has 5 rings (SSSR count). The minimum atomic E-state index is -0.290. The van der Waals surface area contributed by atoms with Crippen molar-refractivity contribution in [2.24, 2.45) is 5.41 Å². The first kappa shape index (κ1) is 20.6. The summed E-state index contributed by atoms with van der Waals surface area (Å²) in [5, 5.41) is 0. The van der Waals surface area contributed by atoms with Gasteiger partial charge >= 0.3 is 5.69 Å². The van der Waals surface area contributed by atoms with Crippen LogP contribution in [0.3, 0.4) is 0 Å². The van der Waals surface area contributed by atoms with Crippen LogP contribution in [0.15, 0.2) is 29.1 Å². The number of hydrogen-bond donors (Lipinski definition) is 0. The lowest BCUT2D eigenvalue weighted by Crippen LogP contribution is -2.43. The summed E-state index contributed by atoms with van der Waals surface area (Å²) >= 11 is 0. The van der Waals surface area contributed by atoms with Crippen LogP contribution in [0.4, 0.5) is 0 Å². The Kier molecular flexibility index (Phi) is 5.79. The summed E-state index contributed by atoms with van der Waals surface area (Å²) in [6.45, 7) is 7.54. The highest BCUT2D eigenvalue weighted by atomic mass is 16.6. The molecule has 2 aromatic rings. The molecule has 166 valence electrons. The molecule has 1 unspecified atom stereocenters. The number of aryl methyl sites for hydroxylation is 1. The highest BCUT2D eigenvalue weighted by Crippen LogP contribution is 2.31. The van der Waals surface area contributed by atoms with Gasteiger partial charge in [-0.1, -0.05) is 25.1 Å². The van der Waals surface area contributed by atoms with Gasteiger partial charge < -0.3 is 23.7 Å². The van der Waals surface area contributed by atoms with E-state index >= 15 is 0 Å². The molecule has 0 amide bonds. The molecule has 0 bridgehead atoms. The quantitative estimate of drug-likeness (QED) is 0.665. The minimum Gasteiger partial charge on any atom is -0.475 e. The minimum absolute atomic E-state index is 0.141. The summed E-state index contributed by atoms with van der Waals surface area (Å²) in [7, 11) is 0. The summed E-state index contributed by atoms with van der Waals surface area (Å²) in [4.78, 5) is 16.7. The SMILES string of the molecule is CC1(COCc2ccc3c(c2)CCn2c-3cc(OCC3COCCO3)nc2=O)COC1. The van der Waals surface area contributed by atoms with E-state index in [1.807, 2.05) is 6.07 Å². The molecule has 0 radical (unpaired) electrons. The molecule has 0 aliphatic carbocycles. The third kappa shape index (κ3) is 4.52. The summed E-state index contributed by atoms with van der Waals surface area (Å²) < 4.78 is 29.7. The third-order valence-electron chi connectivity index (χ3n) is 5.96. The molecule has 0 saturated carbocycles. The van der Waals surface area contributed by atoms with Crippen LogP contribution in [0.1, 0.15) is 18.1 Å². The second-order valence-electron chi connectivity index (χ2n) is 8.83. The highest BCUT2D eigenvalue weighted by Gasteiger charge is 2.33. The van der Waals surface area contributed by atoms with Crippen LogP contribution >= 0.6 is 0 Å². The van der Waals surface area contributed by atoms with Crippen LogP contribution < -0.4 is 10.4 Å². The van der Waals surface area contributed by atoms with Crippen molar-refractivity contribution in [3.8, 4) is 17.1 Å². The summed E-state index contributed by atoms with van der Waals surface area (Å²) in [5.74, 6) is 0.321. The average molecular weight is 428 g/mol. The number of hydrogen-bond acceptors (Lipinski definition) is 7. The van der Waals surface area contributed by atoms with Gasteiger partial charge in [0.05, 0.1) is 51.9 Å². The number of nitrogens with zero attached hydrogens (tertiary/aromatic N) is 2. The maximum atomic E-state index is 12.6. The van der Waals surface area contributed by atoms with Gasteiger partial charge in [-0.05, 0) is 17.5 Å². The van der Waals surface area contributed by atoms with Gasteiger partial charge in [-0.2, -0.15) is 4.98 Å². The maximum Gasteiger partial charge on any atom is 0.351 e. The molecule has 2 fully saturated rings. The van der Waals surface area contributed by atoms with Crippen LogP contribution in [0.2, 0.25) is 0 Å². The first-order chi connectivity index (χ1) is 15.1.